The molecule has 1 aromatic rings. The van der Waals surface area contributed by atoms with E-state index in [0.29, 0.717) is 0 Å². The van der Waals surface area contributed by atoms with E-state index >= 15 is 0 Å². The van der Waals surface area contributed by atoms with E-state index in [9.17, 15) is 13.2 Å². The molecule has 17 heavy (non-hydrogen) atoms. The molecule has 0 atom stereocenters. The van der Waals surface area contributed by atoms with E-state index in [4.69, 9.17) is 4.74 Å². The maximum atomic E-state index is 12.4. The molecule has 0 bridgehead atoms. The SMILES string of the molecule is C=C(CCC)COc1ccnc(C(F)(F)F)c1. The highest BCUT2D eigenvalue weighted by molar-refractivity contribution is 5.24. The van der Waals surface area contributed by atoms with Crippen LogP contribution in [0.2, 0.25) is 0 Å². The van der Waals surface area contributed by atoms with E-state index in [1.807, 2.05) is 6.92 Å². The highest BCUT2D eigenvalue weighted by Crippen LogP contribution is 2.29. The van der Waals surface area contributed by atoms with Crippen molar-refractivity contribution in [3.63, 3.8) is 0 Å². The first-order valence-corrected chi connectivity index (χ1v) is 5.26. The fraction of sp³-hybridized carbons (Fsp3) is 0.417. The lowest BCUT2D eigenvalue weighted by Gasteiger charge is -2.10. The van der Waals surface area contributed by atoms with Crippen LogP contribution in [0.3, 0.4) is 0 Å². The van der Waals surface area contributed by atoms with Gasteiger partial charge in [0.15, 0.2) is 0 Å². The Balaban J connectivity index is 2.64. The summed E-state index contributed by atoms with van der Waals surface area (Å²) in [5, 5.41) is 0. The van der Waals surface area contributed by atoms with Crippen LogP contribution in [0.4, 0.5) is 13.2 Å². The van der Waals surface area contributed by atoms with Crippen molar-refractivity contribution in [3.05, 3.63) is 36.2 Å². The summed E-state index contributed by atoms with van der Waals surface area (Å²) in [6.45, 7) is 6.00. The van der Waals surface area contributed by atoms with Gasteiger partial charge in [-0.3, -0.25) is 4.98 Å². The van der Waals surface area contributed by atoms with E-state index in [-0.39, 0.29) is 12.4 Å². The maximum Gasteiger partial charge on any atom is 0.433 e. The van der Waals surface area contributed by atoms with Crippen LogP contribution in [0.5, 0.6) is 5.75 Å². The molecule has 0 saturated heterocycles. The molecule has 1 rings (SSSR count). The average Bonchev–Trinajstić information content (AvgIpc) is 2.26. The lowest BCUT2D eigenvalue weighted by atomic mass is 10.2. The van der Waals surface area contributed by atoms with Crippen molar-refractivity contribution in [1.82, 2.24) is 4.98 Å². The van der Waals surface area contributed by atoms with Crippen LogP contribution >= 0.6 is 0 Å². The van der Waals surface area contributed by atoms with Gasteiger partial charge in [0.25, 0.3) is 0 Å². The Morgan fingerprint density at radius 3 is 2.76 bits per heavy atom. The van der Waals surface area contributed by atoms with Gasteiger partial charge in [-0.25, -0.2) is 0 Å². The summed E-state index contributed by atoms with van der Waals surface area (Å²) in [5.74, 6) is 0.157. The van der Waals surface area contributed by atoms with Crippen LogP contribution in [0.25, 0.3) is 0 Å². The Morgan fingerprint density at radius 1 is 1.47 bits per heavy atom. The number of aromatic nitrogens is 1. The van der Waals surface area contributed by atoms with Gasteiger partial charge in [-0.2, -0.15) is 13.2 Å². The molecule has 0 saturated carbocycles. The Kier molecular flexibility index (Phi) is 4.54. The van der Waals surface area contributed by atoms with Crippen molar-refractivity contribution < 1.29 is 17.9 Å². The molecule has 0 amide bonds. The first-order chi connectivity index (χ1) is 7.93. The van der Waals surface area contributed by atoms with Gasteiger partial charge in [0.2, 0.25) is 0 Å². The Labute approximate surface area is 98.1 Å². The highest BCUT2D eigenvalue weighted by Gasteiger charge is 2.32. The highest BCUT2D eigenvalue weighted by atomic mass is 19.4. The van der Waals surface area contributed by atoms with E-state index in [2.05, 4.69) is 11.6 Å². The fourth-order valence-corrected chi connectivity index (χ4v) is 1.27. The zero-order valence-electron chi connectivity index (χ0n) is 9.55. The number of alkyl halides is 3. The standard InChI is InChI=1S/C12H14F3NO/c1-3-4-9(2)8-17-10-5-6-16-11(7-10)12(13,14)15/h5-7H,2-4,8H2,1H3. The van der Waals surface area contributed by atoms with Crippen LogP contribution in [0, 0.1) is 0 Å². The predicted octanol–water partition coefficient (Wildman–Crippen LogP) is 3.84. The molecule has 0 spiro atoms. The number of rotatable bonds is 5. The molecule has 0 aliphatic heterocycles. The van der Waals surface area contributed by atoms with E-state index < -0.39 is 11.9 Å². The number of hydrogen-bond donors (Lipinski definition) is 0. The minimum absolute atomic E-state index is 0.157. The number of nitrogens with zero attached hydrogens (tertiary/aromatic N) is 1. The smallest absolute Gasteiger partial charge is 0.433 e. The second kappa shape index (κ2) is 5.70. The monoisotopic (exact) mass is 245 g/mol. The summed E-state index contributed by atoms with van der Waals surface area (Å²) in [7, 11) is 0. The van der Waals surface area contributed by atoms with Crippen LogP contribution < -0.4 is 4.74 Å². The zero-order valence-corrected chi connectivity index (χ0v) is 9.55. The third-order valence-electron chi connectivity index (χ3n) is 2.07. The third-order valence-corrected chi connectivity index (χ3v) is 2.07. The molecule has 0 fully saturated rings. The van der Waals surface area contributed by atoms with E-state index in [1.165, 1.54) is 6.07 Å². The van der Waals surface area contributed by atoms with Gasteiger partial charge < -0.3 is 4.74 Å². The van der Waals surface area contributed by atoms with Gasteiger partial charge >= 0.3 is 6.18 Å². The largest absolute Gasteiger partial charge is 0.489 e. The summed E-state index contributed by atoms with van der Waals surface area (Å²) in [5.41, 5.74) is -0.0889. The molecule has 0 aromatic carbocycles. The molecule has 2 nitrogen and oxygen atoms in total. The summed E-state index contributed by atoms with van der Waals surface area (Å²) in [6, 6.07) is 2.29. The maximum absolute atomic E-state index is 12.4. The molecule has 1 heterocycles. The van der Waals surface area contributed by atoms with Crippen LogP contribution in [0.1, 0.15) is 25.5 Å². The molecule has 94 valence electrons. The quantitative estimate of drug-likeness (QED) is 0.735. The number of halogens is 3. The Bertz CT molecular complexity index is 388. The fourth-order valence-electron chi connectivity index (χ4n) is 1.27. The van der Waals surface area contributed by atoms with Gasteiger partial charge in [-0.1, -0.05) is 19.9 Å². The van der Waals surface area contributed by atoms with Crippen LogP contribution in [-0.2, 0) is 6.18 Å². The number of hydrogen-bond acceptors (Lipinski definition) is 2. The van der Waals surface area contributed by atoms with Crippen molar-refractivity contribution in [2.75, 3.05) is 6.61 Å². The lowest BCUT2D eigenvalue weighted by Crippen LogP contribution is -2.08. The average molecular weight is 245 g/mol. The Hall–Kier alpha value is -1.52. The Morgan fingerprint density at radius 2 is 2.18 bits per heavy atom. The van der Waals surface area contributed by atoms with E-state index in [1.54, 1.807) is 0 Å². The molecule has 0 N–H and O–H groups in total. The normalized spacial score (nSPS) is 11.3. The second-order valence-electron chi connectivity index (χ2n) is 3.66. The minimum atomic E-state index is -4.44. The molecule has 1 aromatic heterocycles. The number of pyridine rings is 1. The number of ether oxygens (including phenoxy) is 1. The molecule has 0 aliphatic carbocycles. The summed E-state index contributed by atoms with van der Waals surface area (Å²) < 4.78 is 42.3. The van der Waals surface area contributed by atoms with E-state index in [0.717, 1.165) is 30.7 Å². The topological polar surface area (TPSA) is 22.1 Å². The van der Waals surface area contributed by atoms with Gasteiger partial charge in [-0.05, 0) is 18.1 Å². The zero-order chi connectivity index (χ0) is 12.9. The molecule has 0 aliphatic rings. The summed E-state index contributed by atoms with van der Waals surface area (Å²) in [6.07, 6.45) is -1.62. The molecule has 0 radical (unpaired) electrons. The third kappa shape index (κ3) is 4.46. The molecule has 5 heteroatoms. The first-order valence-electron chi connectivity index (χ1n) is 5.26. The van der Waals surface area contributed by atoms with Crippen molar-refractivity contribution in [1.29, 1.82) is 0 Å². The van der Waals surface area contributed by atoms with Gasteiger partial charge in [0.1, 0.15) is 18.1 Å². The minimum Gasteiger partial charge on any atom is -0.489 e. The van der Waals surface area contributed by atoms with Crippen molar-refractivity contribution >= 4 is 0 Å². The second-order valence-corrected chi connectivity index (χ2v) is 3.66. The van der Waals surface area contributed by atoms with Crippen molar-refractivity contribution in [2.24, 2.45) is 0 Å². The van der Waals surface area contributed by atoms with Gasteiger partial charge in [0.05, 0.1) is 0 Å². The van der Waals surface area contributed by atoms with Gasteiger partial charge in [0, 0.05) is 12.3 Å². The summed E-state index contributed by atoms with van der Waals surface area (Å²) in [4.78, 5) is 3.25. The van der Waals surface area contributed by atoms with Crippen molar-refractivity contribution in [3.8, 4) is 5.75 Å². The van der Waals surface area contributed by atoms with Crippen LogP contribution in [-0.4, -0.2) is 11.6 Å². The molecular formula is C12H14F3NO. The van der Waals surface area contributed by atoms with Gasteiger partial charge in [-0.15, -0.1) is 0 Å². The van der Waals surface area contributed by atoms with Crippen molar-refractivity contribution in [2.45, 2.75) is 25.9 Å². The lowest BCUT2D eigenvalue weighted by molar-refractivity contribution is -0.141. The molecule has 0 unspecified atom stereocenters. The van der Waals surface area contributed by atoms with Crippen LogP contribution in [0.15, 0.2) is 30.5 Å². The molecular weight excluding hydrogens is 231 g/mol. The first kappa shape index (κ1) is 13.5. The summed E-state index contributed by atoms with van der Waals surface area (Å²) >= 11 is 0. The predicted molar refractivity (Wildman–Crippen MR) is 58.8 cm³/mol.